The van der Waals surface area contributed by atoms with Crippen LogP contribution in [-0.4, -0.2) is 26.1 Å². The molecule has 0 aliphatic rings. The van der Waals surface area contributed by atoms with E-state index in [1.165, 1.54) is 24.3 Å². The third kappa shape index (κ3) is 4.61. The molecule has 23 heavy (non-hydrogen) atoms. The van der Waals surface area contributed by atoms with Crippen molar-refractivity contribution in [1.29, 1.82) is 0 Å². The minimum atomic E-state index is -4.43. The Morgan fingerprint density at radius 1 is 0.870 bits per heavy atom. The minimum Gasteiger partial charge on any atom is -0.744 e. The van der Waals surface area contributed by atoms with Gasteiger partial charge in [0.05, 0.1) is 16.3 Å². The number of azo groups is 1. The van der Waals surface area contributed by atoms with E-state index in [4.69, 9.17) is 0 Å². The second kappa shape index (κ2) is 7.34. The first-order valence-electron chi connectivity index (χ1n) is 7.26. The summed E-state index contributed by atoms with van der Waals surface area (Å²) in [6.07, 6.45) is 0. The molecule has 0 unspecified atom stereocenters. The van der Waals surface area contributed by atoms with Crippen molar-refractivity contribution >= 4 is 27.2 Å². The van der Waals surface area contributed by atoms with Crippen LogP contribution in [0.5, 0.6) is 0 Å². The Hall–Kier alpha value is -2.25. The molecule has 0 radical (unpaired) electrons. The summed E-state index contributed by atoms with van der Waals surface area (Å²) in [7, 11) is -4.43. The molecule has 0 aliphatic heterocycles. The van der Waals surface area contributed by atoms with Gasteiger partial charge in [-0.1, -0.05) is 0 Å². The van der Waals surface area contributed by atoms with Gasteiger partial charge in [0.25, 0.3) is 0 Å². The average Bonchev–Trinajstić information content (AvgIpc) is 2.55. The first-order valence-corrected chi connectivity index (χ1v) is 8.67. The summed E-state index contributed by atoms with van der Waals surface area (Å²) in [6.45, 7) is 6.07. The summed E-state index contributed by atoms with van der Waals surface area (Å²) in [5.74, 6) is 0. The third-order valence-electron chi connectivity index (χ3n) is 3.38. The molecule has 0 atom stereocenters. The van der Waals surface area contributed by atoms with Crippen molar-refractivity contribution in [3.05, 3.63) is 48.5 Å². The summed E-state index contributed by atoms with van der Waals surface area (Å²) in [5.41, 5.74) is 2.30. The third-order valence-corrected chi connectivity index (χ3v) is 4.23. The van der Waals surface area contributed by atoms with Crippen LogP contribution in [-0.2, 0) is 10.1 Å². The van der Waals surface area contributed by atoms with Gasteiger partial charge in [-0.3, -0.25) is 0 Å². The van der Waals surface area contributed by atoms with Gasteiger partial charge in [-0.25, -0.2) is 8.42 Å². The Morgan fingerprint density at radius 3 is 1.70 bits per heavy atom. The molecule has 0 saturated carbocycles. The van der Waals surface area contributed by atoms with Gasteiger partial charge >= 0.3 is 0 Å². The molecule has 7 heteroatoms. The SMILES string of the molecule is CCN(CC)c1ccc(N=Nc2ccc(S(=O)(=O)[O-])cc2)cc1. The lowest BCUT2D eigenvalue weighted by atomic mass is 10.2. The van der Waals surface area contributed by atoms with E-state index >= 15 is 0 Å². The molecule has 0 fully saturated rings. The van der Waals surface area contributed by atoms with Crippen LogP contribution >= 0.6 is 0 Å². The fraction of sp³-hybridized carbons (Fsp3) is 0.250. The van der Waals surface area contributed by atoms with Gasteiger partial charge in [0, 0.05) is 18.8 Å². The van der Waals surface area contributed by atoms with Gasteiger partial charge in [0.2, 0.25) is 0 Å². The van der Waals surface area contributed by atoms with E-state index in [-0.39, 0.29) is 4.90 Å². The molecule has 0 N–H and O–H groups in total. The monoisotopic (exact) mass is 332 g/mol. The van der Waals surface area contributed by atoms with Gasteiger partial charge in [0.15, 0.2) is 0 Å². The van der Waals surface area contributed by atoms with Crippen LogP contribution in [0.3, 0.4) is 0 Å². The Bertz CT molecular complexity index is 765. The maximum atomic E-state index is 10.8. The van der Waals surface area contributed by atoms with Gasteiger partial charge in [0.1, 0.15) is 10.1 Å². The lowest BCUT2D eigenvalue weighted by molar-refractivity contribution is 0.463. The summed E-state index contributed by atoms with van der Waals surface area (Å²) in [4.78, 5) is 1.95. The Labute approximate surface area is 136 Å². The molecule has 2 aromatic carbocycles. The van der Waals surface area contributed by atoms with E-state index in [0.29, 0.717) is 11.4 Å². The summed E-state index contributed by atoms with van der Waals surface area (Å²) in [6, 6.07) is 13.0. The highest BCUT2D eigenvalue weighted by molar-refractivity contribution is 7.85. The van der Waals surface area contributed by atoms with E-state index in [0.717, 1.165) is 18.8 Å². The van der Waals surface area contributed by atoms with Crippen LogP contribution in [0.15, 0.2) is 63.7 Å². The highest BCUT2D eigenvalue weighted by Crippen LogP contribution is 2.23. The largest absolute Gasteiger partial charge is 0.744 e. The molecule has 0 amide bonds. The van der Waals surface area contributed by atoms with Crippen molar-refractivity contribution < 1.29 is 13.0 Å². The van der Waals surface area contributed by atoms with Crippen LogP contribution in [0.1, 0.15) is 13.8 Å². The van der Waals surface area contributed by atoms with Gasteiger partial charge in [-0.15, -0.1) is 0 Å². The summed E-state index contributed by atoms with van der Waals surface area (Å²) in [5, 5.41) is 8.13. The molecule has 0 aliphatic carbocycles. The number of anilines is 1. The van der Waals surface area contributed by atoms with E-state index < -0.39 is 10.1 Å². The van der Waals surface area contributed by atoms with Crippen molar-refractivity contribution in [2.24, 2.45) is 10.2 Å². The molecule has 0 heterocycles. The molecule has 0 spiro atoms. The molecule has 2 rings (SSSR count). The van der Waals surface area contributed by atoms with E-state index in [1.807, 2.05) is 24.3 Å². The van der Waals surface area contributed by atoms with Gasteiger partial charge in [-0.2, -0.15) is 10.2 Å². The minimum absolute atomic E-state index is 0.278. The van der Waals surface area contributed by atoms with E-state index in [1.54, 1.807) is 0 Å². The van der Waals surface area contributed by atoms with Crippen LogP contribution in [0, 0.1) is 0 Å². The Morgan fingerprint density at radius 2 is 1.30 bits per heavy atom. The molecule has 122 valence electrons. The lowest BCUT2D eigenvalue weighted by Gasteiger charge is -2.20. The fourth-order valence-electron chi connectivity index (χ4n) is 2.11. The smallest absolute Gasteiger partial charge is 0.124 e. The number of benzene rings is 2. The summed E-state index contributed by atoms with van der Waals surface area (Å²) < 4.78 is 32.5. The number of nitrogens with zero attached hydrogens (tertiary/aromatic N) is 3. The standard InChI is InChI=1S/C16H19N3O3S/c1-3-19(4-2)15-9-5-13(6-10-15)17-18-14-7-11-16(12-8-14)23(20,21)22/h5-12H,3-4H2,1-2H3,(H,20,21,22)/p-1. The highest BCUT2D eigenvalue weighted by Gasteiger charge is 2.02. The lowest BCUT2D eigenvalue weighted by Crippen LogP contribution is -2.21. The second-order valence-electron chi connectivity index (χ2n) is 4.84. The molecule has 2 aromatic rings. The predicted octanol–water partition coefficient (Wildman–Crippen LogP) is 3.85. The topological polar surface area (TPSA) is 85.2 Å². The van der Waals surface area contributed by atoms with Crippen molar-refractivity contribution in [2.75, 3.05) is 18.0 Å². The van der Waals surface area contributed by atoms with Crippen LogP contribution in [0.2, 0.25) is 0 Å². The Balaban J connectivity index is 2.11. The molecular weight excluding hydrogens is 314 g/mol. The Kier molecular flexibility index (Phi) is 5.46. The zero-order valence-corrected chi connectivity index (χ0v) is 13.8. The summed E-state index contributed by atoms with van der Waals surface area (Å²) >= 11 is 0. The first-order chi connectivity index (χ1) is 10.9. The molecule has 0 bridgehead atoms. The normalized spacial score (nSPS) is 11.8. The quantitative estimate of drug-likeness (QED) is 0.594. The number of hydrogen-bond acceptors (Lipinski definition) is 6. The molecule has 6 nitrogen and oxygen atoms in total. The van der Waals surface area contributed by atoms with Crippen LogP contribution in [0.4, 0.5) is 17.1 Å². The van der Waals surface area contributed by atoms with E-state index in [9.17, 15) is 13.0 Å². The molecular formula is C16H18N3O3S-. The van der Waals surface area contributed by atoms with Gasteiger partial charge < -0.3 is 9.45 Å². The zero-order chi connectivity index (χ0) is 16.9. The maximum absolute atomic E-state index is 10.8. The van der Waals surface area contributed by atoms with Crippen molar-refractivity contribution in [2.45, 2.75) is 18.7 Å². The van der Waals surface area contributed by atoms with Gasteiger partial charge in [-0.05, 0) is 62.4 Å². The van der Waals surface area contributed by atoms with Crippen molar-refractivity contribution in [1.82, 2.24) is 0 Å². The molecule has 0 saturated heterocycles. The average molecular weight is 332 g/mol. The number of rotatable bonds is 6. The zero-order valence-electron chi connectivity index (χ0n) is 13.0. The predicted molar refractivity (Wildman–Crippen MR) is 88.6 cm³/mol. The second-order valence-corrected chi connectivity index (χ2v) is 6.22. The fourth-order valence-corrected chi connectivity index (χ4v) is 2.58. The van der Waals surface area contributed by atoms with E-state index in [2.05, 4.69) is 29.0 Å². The van der Waals surface area contributed by atoms with Crippen LogP contribution < -0.4 is 4.90 Å². The highest BCUT2D eigenvalue weighted by atomic mass is 32.2. The molecule has 0 aromatic heterocycles. The van der Waals surface area contributed by atoms with Crippen molar-refractivity contribution in [3.8, 4) is 0 Å². The van der Waals surface area contributed by atoms with Crippen LogP contribution in [0.25, 0.3) is 0 Å². The number of hydrogen-bond donors (Lipinski definition) is 0. The van der Waals surface area contributed by atoms with Crippen molar-refractivity contribution in [3.63, 3.8) is 0 Å². The first kappa shape index (κ1) is 17.1. The maximum Gasteiger partial charge on any atom is 0.124 e.